The molecule has 1 heterocycles. The zero-order chi connectivity index (χ0) is 19.8. The molecule has 0 radical (unpaired) electrons. The Labute approximate surface area is 167 Å². The lowest BCUT2D eigenvalue weighted by Crippen LogP contribution is -2.31. The predicted molar refractivity (Wildman–Crippen MR) is 114 cm³/mol. The molecule has 0 bridgehead atoms. The average Bonchev–Trinajstić information content (AvgIpc) is 3.17. The molecule has 1 aliphatic rings. The number of aryl methyl sites for hydroxylation is 4. The van der Waals surface area contributed by atoms with Gasteiger partial charge < -0.3 is 0 Å². The lowest BCUT2D eigenvalue weighted by atomic mass is 9.89. The standard InChI is InChI=1S/C26H29FN/c1-17-15-23(27)10-11-24(17)25-12-9-21(16-28(25)4)26-18(2)13-22(14-19(26)3)20-7-5-6-8-20/h9-16,20H,5-8H2,1-4H3/q+1. The SMILES string of the molecule is Cc1cc(F)ccc1-c1ccc(-c2c(C)cc(C3CCCC3)cc2C)c[n+]1C. The van der Waals surface area contributed by atoms with Crippen LogP contribution in [-0.2, 0) is 7.05 Å². The minimum Gasteiger partial charge on any atom is -0.207 e. The van der Waals surface area contributed by atoms with Crippen molar-refractivity contribution in [3.05, 3.63) is 76.7 Å². The molecule has 0 aliphatic heterocycles. The Morgan fingerprint density at radius 2 is 1.54 bits per heavy atom. The molecular formula is C26H29FN+. The van der Waals surface area contributed by atoms with E-state index in [1.165, 1.54) is 59.6 Å². The molecule has 0 atom stereocenters. The highest BCUT2D eigenvalue weighted by Crippen LogP contribution is 2.37. The fourth-order valence-corrected chi connectivity index (χ4v) is 4.90. The zero-order valence-corrected chi connectivity index (χ0v) is 17.3. The largest absolute Gasteiger partial charge is 0.212 e. The number of hydrogen-bond donors (Lipinski definition) is 0. The van der Waals surface area contributed by atoms with Crippen LogP contribution in [0.3, 0.4) is 0 Å². The van der Waals surface area contributed by atoms with E-state index in [1.807, 2.05) is 13.0 Å². The number of nitrogens with zero attached hydrogens (tertiary/aromatic N) is 1. The van der Waals surface area contributed by atoms with Crippen LogP contribution in [0.5, 0.6) is 0 Å². The zero-order valence-electron chi connectivity index (χ0n) is 17.3. The van der Waals surface area contributed by atoms with Gasteiger partial charge >= 0.3 is 0 Å². The second kappa shape index (κ2) is 7.50. The van der Waals surface area contributed by atoms with Crippen molar-refractivity contribution >= 4 is 0 Å². The predicted octanol–water partition coefficient (Wildman–Crippen LogP) is 6.57. The Balaban J connectivity index is 1.73. The third-order valence-corrected chi connectivity index (χ3v) is 6.27. The van der Waals surface area contributed by atoms with Gasteiger partial charge in [-0.3, -0.25) is 0 Å². The van der Waals surface area contributed by atoms with E-state index in [4.69, 9.17) is 0 Å². The molecule has 3 aromatic rings. The van der Waals surface area contributed by atoms with Crippen LogP contribution in [0.1, 0.15) is 53.9 Å². The summed E-state index contributed by atoms with van der Waals surface area (Å²) < 4.78 is 15.6. The van der Waals surface area contributed by atoms with Crippen LogP contribution in [0.15, 0.2) is 48.7 Å². The highest BCUT2D eigenvalue weighted by atomic mass is 19.1. The maximum atomic E-state index is 13.5. The first-order valence-corrected chi connectivity index (χ1v) is 10.3. The molecule has 0 spiro atoms. The summed E-state index contributed by atoms with van der Waals surface area (Å²) in [5.41, 5.74) is 9.91. The summed E-state index contributed by atoms with van der Waals surface area (Å²) >= 11 is 0. The molecule has 1 aromatic heterocycles. The van der Waals surface area contributed by atoms with Gasteiger partial charge in [0.25, 0.3) is 0 Å². The van der Waals surface area contributed by atoms with E-state index in [0.29, 0.717) is 0 Å². The highest BCUT2D eigenvalue weighted by molar-refractivity contribution is 5.72. The van der Waals surface area contributed by atoms with Gasteiger partial charge in [-0.15, -0.1) is 0 Å². The van der Waals surface area contributed by atoms with Gasteiger partial charge in [-0.2, -0.15) is 0 Å². The molecule has 28 heavy (non-hydrogen) atoms. The van der Waals surface area contributed by atoms with Crippen LogP contribution >= 0.6 is 0 Å². The molecule has 4 rings (SSSR count). The summed E-state index contributed by atoms with van der Waals surface area (Å²) in [7, 11) is 2.07. The average molecular weight is 375 g/mol. The smallest absolute Gasteiger partial charge is 0.207 e. The van der Waals surface area contributed by atoms with E-state index < -0.39 is 0 Å². The normalized spacial score (nSPS) is 14.6. The molecule has 2 heteroatoms. The van der Waals surface area contributed by atoms with E-state index in [2.05, 4.69) is 55.9 Å². The first-order chi connectivity index (χ1) is 13.4. The minimum absolute atomic E-state index is 0.186. The Kier molecular flexibility index (Phi) is 5.05. The topological polar surface area (TPSA) is 3.88 Å². The maximum absolute atomic E-state index is 13.5. The van der Waals surface area contributed by atoms with Crippen LogP contribution in [0, 0.1) is 26.6 Å². The molecule has 2 aromatic carbocycles. The molecule has 0 saturated heterocycles. The fourth-order valence-electron chi connectivity index (χ4n) is 4.90. The number of halogens is 1. The van der Waals surface area contributed by atoms with Crippen LogP contribution in [0.2, 0.25) is 0 Å². The third-order valence-electron chi connectivity index (χ3n) is 6.27. The summed E-state index contributed by atoms with van der Waals surface area (Å²) in [6.07, 6.45) is 7.59. The lowest BCUT2D eigenvalue weighted by Gasteiger charge is -2.16. The summed E-state index contributed by atoms with van der Waals surface area (Å²) in [6.45, 7) is 6.43. The lowest BCUT2D eigenvalue weighted by molar-refractivity contribution is -0.659. The number of hydrogen-bond acceptors (Lipinski definition) is 0. The van der Waals surface area contributed by atoms with E-state index in [-0.39, 0.29) is 5.82 Å². The molecule has 144 valence electrons. The second-order valence-electron chi connectivity index (χ2n) is 8.38. The van der Waals surface area contributed by atoms with E-state index in [1.54, 1.807) is 6.07 Å². The molecule has 1 aliphatic carbocycles. The van der Waals surface area contributed by atoms with Gasteiger partial charge in [-0.1, -0.05) is 25.0 Å². The van der Waals surface area contributed by atoms with Crippen molar-refractivity contribution in [1.82, 2.24) is 0 Å². The van der Waals surface area contributed by atoms with E-state index in [9.17, 15) is 4.39 Å². The van der Waals surface area contributed by atoms with Gasteiger partial charge in [0.15, 0.2) is 6.20 Å². The van der Waals surface area contributed by atoms with Crippen molar-refractivity contribution < 1.29 is 8.96 Å². The van der Waals surface area contributed by atoms with Crippen LogP contribution < -0.4 is 4.57 Å². The molecule has 0 amide bonds. The van der Waals surface area contributed by atoms with Crippen molar-refractivity contribution in [2.75, 3.05) is 0 Å². The quantitative estimate of drug-likeness (QED) is 0.457. The van der Waals surface area contributed by atoms with Crippen molar-refractivity contribution in [1.29, 1.82) is 0 Å². The molecule has 1 nitrogen and oxygen atoms in total. The summed E-state index contributed by atoms with van der Waals surface area (Å²) in [5.74, 6) is 0.556. The van der Waals surface area contributed by atoms with Crippen molar-refractivity contribution in [2.24, 2.45) is 7.05 Å². The number of aromatic nitrogens is 1. The maximum Gasteiger partial charge on any atom is 0.212 e. The van der Waals surface area contributed by atoms with Crippen molar-refractivity contribution in [2.45, 2.75) is 52.4 Å². The Bertz CT molecular complexity index is 1010. The van der Waals surface area contributed by atoms with Gasteiger partial charge in [-0.25, -0.2) is 8.96 Å². The number of pyridine rings is 1. The highest BCUT2D eigenvalue weighted by Gasteiger charge is 2.20. The molecule has 0 N–H and O–H groups in total. The minimum atomic E-state index is -0.186. The van der Waals surface area contributed by atoms with Crippen LogP contribution in [0.4, 0.5) is 4.39 Å². The molecule has 1 fully saturated rings. The van der Waals surface area contributed by atoms with Gasteiger partial charge in [0, 0.05) is 17.2 Å². The first kappa shape index (κ1) is 18.9. The second-order valence-corrected chi connectivity index (χ2v) is 8.38. The van der Waals surface area contributed by atoms with E-state index in [0.717, 1.165) is 22.7 Å². The molecule has 1 saturated carbocycles. The van der Waals surface area contributed by atoms with Gasteiger partial charge in [0.2, 0.25) is 5.69 Å². The fraction of sp³-hybridized carbons (Fsp3) is 0.346. The Morgan fingerprint density at radius 1 is 0.857 bits per heavy atom. The monoisotopic (exact) mass is 374 g/mol. The van der Waals surface area contributed by atoms with Gasteiger partial charge in [0.1, 0.15) is 12.9 Å². The van der Waals surface area contributed by atoms with Gasteiger partial charge in [0.05, 0.1) is 0 Å². The Morgan fingerprint density at radius 3 is 2.14 bits per heavy atom. The summed E-state index contributed by atoms with van der Waals surface area (Å²) in [5, 5.41) is 0. The van der Waals surface area contributed by atoms with Gasteiger partial charge in [-0.05, 0) is 91.6 Å². The van der Waals surface area contributed by atoms with Crippen molar-refractivity contribution in [3.8, 4) is 22.4 Å². The molecular weight excluding hydrogens is 345 g/mol. The molecule has 0 unspecified atom stereocenters. The van der Waals surface area contributed by atoms with Crippen LogP contribution in [0.25, 0.3) is 22.4 Å². The van der Waals surface area contributed by atoms with Crippen molar-refractivity contribution in [3.63, 3.8) is 0 Å². The Hall–Kier alpha value is -2.48. The first-order valence-electron chi connectivity index (χ1n) is 10.3. The third kappa shape index (κ3) is 3.48. The summed E-state index contributed by atoms with van der Waals surface area (Å²) in [4.78, 5) is 0. The number of rotatable bonds is 3. The number of benzene rings is 2. The van der Waals surface area contributed by atoms with E-state index >= 15 is 0 Å². The summed E-state index contributed by atoms with van der Waals surface area (Å²) in [6, 6.07) is 14.1. The van der Waals surface area contributed by atoms with Crippen LogP contribution in [-0.4, -0.2) is 0 Å².